The highest BCUT2D eigenvalue weighted by Gasteiger charge is 2.26. The largest absolute Gasteiger partial charge is 0.488 e. The van der Waals surface area contributed by atoms with E-state index in [0.29, 0.717) is 11.4 Å². The van der Waals surface area contributed by atoms with E-state index in [4.69, 9.17) is 9.47 Å². The summed E-state index contributed by atoms with van der Waals surface area (Å²) in [5.41, 5.74) is 0.619. The Hall–Kier alpha value is -2.78. The number of pyridine rings is 1. The fourth-order valence-corrected chi connectivity index (χ4v) is 4.62. The zero-order chi connectivity index (χ0) is 23.4. The number of rotatable bonds is 7. The maximum absolute atomic E-state index is 13.8. The third-order valence-electron chi connectivity index (χ3n) is 6.62. The molecule has 0 N–H and O–H groups in total. The summed E-state index contributed by atoms with van der Waals surface area (Å²) in [5.74, 6) is 0.107. The maximum Gasteiger partial charge on any atom is 0.410 e. The molecular formula is C23H31F2N5O3. The lowest BCUT2D eigenvalue weighted by atomic mass is 9.98. The van der Waals surface area contributed by atoms with Crippen molar-refractivity contribution >= 4 is 6.09 Å². The summed E-state index contributed by atoms with van der Waals surface area (Å²) in [6.45, 7) is -0.0826. The first-order chi connectivity index (χ1) is 15.9. The molecule has 180 valence electrons. The van der Waals surface area contributed by atoms with Crippen LogP contribution in [0.1, 0.15) is 75.6 Å². The van der Waals surface area contributed by atoms with Crippen LogP contribution in [0.15, 0.2) is 12.1 Å². The van der Waals surface area contributed by atoms with Crippen LogP contribution in [0.5, 0.6) is 5.75 Å². The van der Waals surface area contributed by atoms with Crippen molar-refractivity contribution in [3.63, 3.8) is 0 Å². The zero-order valence-electron chi connectivity index (χ0n) is 19.2. The lowest BCUT2D eigenvalue weighted by Gasteiger charge is -2.24. The predicted octanol–water partition coefficient (Wildman–Crippen LogP) is 5.04. The second-order valence-corrected chi connectivity index (χ2v) is 8.87. The smallest absolute Gasteiger partial charge is 0.410 e. The Balaban J connectivity index is 1.50. The Morgan fingerprint density at radius 3 is 2.55 bits per heavy atom. The van der Waals surface area contributed by atoms with E-state index in [1.165, 1.54) is 10.7 Å². The van der Waals surface area contributed by atoms with E-state index < -0.39 is 18.2 Å². The fourth-order valence-electron chi connectivity index (χ4n) is 4.62. The molecule has 33 heavy (non-hydrogen) atoms. The zero-order valence-corrected chi connectivity index (χ0v) is 19.2. The van der Waals surface area contributed by atoms with Crippen molar-refractivity contribution in [3.8, 4) is 17.1 Å². The molecule has 0 bridgehead atoms. The molecule has 10 heteroatoms. The minimum atomic E-state index is -2.79. The van der Waals surface area contributed by atoms with Crippen molar-refractivity contribution in [1.82, 2.24) is 24.9 Å². The molecule has 1 amide bonds. The van der Waals surface area contributed by atoms with Crippen molar-refractivity contribution in [2.75, 3.05) is 7.05 Å². The molecule has 0 atom stereocenters. The molecule has 0 aliphatic heterocycles. The monoisotopic (exact) mass is 463 g/mol. The molecule has 0 radical (unpaired) electrons. The van der Waals surface area contributed by atoms with E-state index in [0.717, 1.165) is 57.8 Å². The first-order valence-corrected chi connectivity index (χ1v) is 11.7. The highest BCUT2D eigenvalue weighted by atomic mass is 19.3. The number of hydrogen-bond donors (Lipinski definition) is 0. The number of ether oxygens (including phenoxy) is 2. The number of alkyl halides is 2. The average Bonchev–Trinajstić information content (AvgIpc) is 3.48. The molecule has 2 fully saturated rings. The highest BCUT2D eigenvalue weighted by Crippen LogP contribution is 2.33. The number of carbonyl (C=O) groups is 1. The fraction of sp³-hybridized carbons (Fsp3) is 0.652. The van der Waals surface area contributed by atoms with E-state index in [1.54, 1.807) is 25.1 Å². The van der Waals surface area contributed by atoms with E-state index in [-0.39, 0.29) is 30.2 Å². The Kier molecular flexibility index (Phi) is 7.39. The minimum absolute atomic E-state index is 0.0627. The van der Waals surface area contributed by atoms with Gasteiger partial charge in [-0.05, 0) is 50.7 Å². The molecule has 0 aromatic carbocycles. The predicted molar refractivity (Wildman–Crippen MR) is 117 cm³/mol. The molecule has 4 rings (SSSR count). The van der Waals surface area contributed by atoms with Crippen molar-refractivity contribution in [2.24, 2.45) is 7.05 Å². The van der Waals surface area contributed by atoms with E-state index >= 15 is 0 Å². The van der Waals surface area contributed by atoms with Crippen molar-refractivity contribution < 1.29 is 23.0 Å². The van der Waals surface area contributed by atoms with Gasteiger partial charge in [0.15, 0.2) is 0 Å². The number of hydrogen-bond acceptors (Lipinski definition) is 6. The van der Waals surface area contributed by atoms with Crippen LogP contribution in [0.3, 0.4) is 0 Å². The van der Waals surface area contributed by atoms with Crippen molar-refractivity contribution in [1.29, 1.82) is 0 Å². The molecule has 2 aliphatic carbocycles. The Morgan fingerprint density at radius 1 is 1.15 bits per heavy atom. The van der Waals surface area contributed by atoms with Crippen LogP contribution in [-0.4, -0.2) is 50.2 Å². The van der Waals surface area contributed by atoms with Gasteiger partial charge in [-0.25, -0.2) is 23.2 Å². The Bertz CT molecular complexity index is 956. The van der Waals surface area contributed by atoms with E-state index in [1.807, 2.05) is 0 Å². The summed E-state index contributed by atoms with van der Waals surface area (Å²) >= 11 is 0. The van der Waals surface area contributed by atoms with E-state index in [9.17, 15) is 13.6 Å². The second-order valence-electron chi connectivity index (χ2n) is 8.87. The topological polar surface area (TPSA) is 82.4 Å². The van der Waals surface area contributed by atoms with Crippen LogP contribution in [0, 0.1) is 0 Å². The highest BCUT2D eigenvalue weighted by molar-refractivity contribution is 5.68. The van der Waals surface area contributed by atoms with Gasteiger partial charge in [-0.1, -0.05) is 24.5 Å². The van der Waals surface area contributed by atoms with Gasteiger partial charge in [0.25, 0.3) is 6.43 Å². The first kappa shape index (κ1) is 23.4. The second kappa shape index (κ2) is 10.4. The normalized spacial score (nSPS) is 17.5. The van der Waals surface area contributed by atoms with Gasteiger partial charge >= 0.3 is 6.09 Å². The van der Waals surface area contributed by atoms with Gasteiger partial charge in [0.05, 0.1) is 11.8 Å². The summed E-state index contributed by atoms with van der Waals surface area (Å²) in [6.07, 6.45) is 5.83. The maximum atomic E-state index is 13.8. The van der Waals surface area contributed by atoms with Gasteiger partial charge in [0.2, 0.25) is 0 Å². The molecule has 0 spiro atoms. The molecule has 2 heterocycles. The number of nitrogens with zero attached hydrogens (tertiary/aromatic N) is 5. The third kappa shape index (κ3) is 5.42. The lowest BCUT2D eigenvalue weighted by molar-refractivity contribution is 0.0899. The lowest BCUT2D eigenvalue weighted by Crippen LogP contribution is -2.35. The third-order valence-corrected chi connectivity index (χ3v) is 6.62. The molecule has 2 aromatic rings. The van der Waals surface area contributed by atoms with Crippen LogP contribution in [0.4, 0.5) is 13.6 Å². The number of carbonyl (C=O) groups excluding carboxylic acids is 1. The number of amides is 1. The Morgan fingerprint density at radius 2 is 1.85 bits per heavy atom. The van der Waals surface area contributed by atoms with Crippen molar-refractivity contribution in [3.05, 3.63) is 23.5 Å². The van der Waals surface area contributed by atoms with Gasteiger partial charge in [0, 0.05) is 20.1 Å². The number of halogens is 2. The van der Waals surface area contributed by atoms with Crippen LogP contribution in [-0.2, 0) is 18.4 Å². The van der Waals surface area contributed by atoms with Gasteiger partial charge in [-0.3, -0.25) is 0 Å². The van der Waals surface area contributed by atoms with Gasteiger partial charge in [0.1, 0.15) is 29.4 Å². The Labute approximate surface area is 192 Å². The molecule has 2 aromatic heterocycles. The summed E-state index contributed by atoms with van der Waals surface area (Å²) in [6, 6.07) is 3.31. The average molecular weight is 464 g/mol. The van der Waals surface area contributed by atoms with Crippen LogP contribution < -0.4 is 4.74 Å². The van der Waals surface area contributed by atoms with Gasteiger partial charge < -0.3 is 14.4 Å². The number of aromatic nitrogens is 4. The quantitative estimate of drug-likeness (QED) is 0.572. The SMILES string of the molecule is CN(C(=O)OCc1c(-c2ccc(OC3CCCCC3)c(C(F)F)n2)nnn1C)C1CCCC1. The summed E-state index contributed by atoms with van der Waals surface area (Å²) < 4.78 is 40.5. The molecule has 2 saturated carbocycles. The van der Waals surface area contributed by atoms with Gasteiger partial charge in [-0.15, -0.1) is 5.10 Å². The number of aryl methyl sites for hydroxylation is 1. The molecular weight excluding hydrogens is 432 g/mol. The molecule has 0 saturated heterocycles. The van der Waals surface area contributed by atoms with Crippen LogP contribution in [0.2, 0.25) is 0 Å². The van der Waals surface area contributed by atoms with Gasteiger partial charge in [-0.2, -0.15) is 0 Å². The standard InChI is InChI=1S/C23H31F2N5O3/c1-29(15-8-6-7-9-15)23(31)32-14-18-20(27-28-30(18)2)17-12-13-19(21(26-17)22(24)25)33-16-10-4-3-5-11-16/h12-13,15-16,22H,3-11,14H2,1-2H3. The van der Waals surface area contributed by atoms with Crippen LogP contribution in [0.25, 0.3) is 11.4 Å². The molecule has 2 aliphatic rings. The first-order valence-electron chi connectivity index (χ1n) is 11.7. The summed E-state index contributed by atoms with van der Waals surface area (Å²) in [5, 5.41) is 8.08. The molecule has 8 nitrogen and oxygen atoms in total. The van der Waals surface area contributed by atoms with E-state index in [2.05, 4.69) is 15.3 Å². The van der Waals surface area contributed by atoms with Crippen molar-refractivity contribution in [2.45, 2.75) is 83.0 Å². The summed E-state index contributed by atoms with van der Waals surface area (Å²) in [4.78, 5) is 18.3. The minimum Gasteiger partial charge on any atom is -0.488 e. The molecule has 0 unspecified atom stereocenters. The van der Waals surface area contributed by atoms with Crippen LogP contribution >= 0.6 is 0 Å². The summed E-state index contributed by atoms with van der Waals surface area (Å²) in [7, 11) is 3.40.